The van der Waals surface area contributed by atoms with Gasteiger partial charge in [0.25, 0.3) is 0 Å². The summed E-state index contributed by atoms with van der Waals surface area (Å²) in [6, 6.07) is 7.39. The molecule has 0 amide bonds. The first-order valence-electron chi connectivity index (χ1n) is 6.76. The molecule has 110 valence electrons. The van der Waals surface area contributed by atoms with Crippen molar-refractivity contribution in [3.63, 3.8) is 0 Å². The zero-order valence-corrected chi connectivity index (χ0v) is 13.5. The molecule has 0 atom stereocenters. The van der Waals surface area contributed by atoms with Crippen LogP contribution < -0.4 is 0 Å². The van der Waals surface area contributed by atoms with E-state index in [-0.39, 0.29) is 16.8 Å². The van der Waals surface area contributed by atoms with Gasteiger partial charge in [0.2, 0.25) is 5.15 Å². The predicted molar refractivity (Wildman–Crippen MR) is 84.1 cm³/mol. The molecule has 2 aromatic rings. The number of rotatable bonds is 3. The molecule has 1 aromatic heterocycles. The Labute approximate surface area is 135 Å². The second-order valence-electron chi connectivity index (χ2n) is 5.15. The third-order valence-corrected chi connectivity index (χ3v) is 4.64. The Morgan fingerprint density at radius 1 is 1.38 bits per heavy atom. The Kier molecular flexibility index (Phi) is 3.99. The molecule has 1 fully saturated rings. The van der Waals surface area contributed by atoms with E-state index in [1.165, 1.54) is 4.68 Å². The molecule has 21 heavy (non-hydrogen) atoms. The maximum atomic E-state index is 11.4. The molecule has 3 rings (SSSR count). The van der Waals surface area contributed by atoms with E-state index in [0.29, 0.717) is 11.4 Å². The van der Waals surface area contributed by atoms with E-state index in [9.17, 15) is 10.1 Å². The molecule has 1 heterocycles. The summed E-state index contributed by atoms with van der Waals surface area (Å²) >= 11 is 9.62. The fraction of sp³-hybridized carbons (Fsp3) is 0.357. The van der Waals surface area contributed by atoms with Crippen molar-refractivity contribution in [1.82, 2.24) is 9.78 Å². The SMILES string of the molecule is O=[N+]([O-])c1c(C2CCCC2)nn(-c2cccc(Br)c2)c1Cl. The maximum absolute atomic E-state index is 11.4. The van der Waals surface area contributed by atoms with Gasteiger partial charge >= 0.3 is 5.69 Å². The molecular formula is C14H13BrClN3O2. The molecule has 0 saturated heterocycles. The molecule has 1 saturated carbocycles. The minimum absolute atomic E-state index is 0.0523. The predicted octanol–water partition coefficient (Wildman–Crippen LogP) is 4.85. The second-order valence-corrected chi connectivity index (χ2v) is 6.43. The van der Waals surface area contributed by atoms with Crippen molar-refractivity contribution >= 4 is 33.2 Å². The summed E-state index contributed by atoms with van der Waals surface area (Å²) in [5, 5.41) is 15.9. The van der Waals surface area contributed by atoms with Crippen LogP contribution in [0.1, 0.15) is 37.3 Å². The lowest BCUT2D eigenvalue weighted by Crippen LogP contribution is -2.00. The number of benzene rings is 1. The third-order valence-electron chi connectivity index (χ3n) is 3.81. The van der Waals surface area contributed by atoms with Crippen LogP contribution in [-0.4, -0.2) is 14.7 Å². The molecule has 1 aliphatic carbocycles. The summed E-state index contributed by atoms with van der Waals surface area (Å²) in [5.74, 6) is 0.135. The molecular weight excluding hydrogens is 358 g/mol. The highest BCUT2D eigenvalue weighted by Gasteiger charge is 2.33. The van der Waals surface area contributed by atoms with E-state index < -0.39 is 4.92 Å². The lowest BCUT2D eigenvalue weighted by molar-refractivity contribution is -0.385. The number of nitro groups is 1. The molecule has 5 nitrogen and oxygen atoms in total. The van der Waals surface area contributed by atoms with Gasteiger partial charge in [0.15, 0.2) is 0 Å². The Morgan fingerprint density at radius 3 is 2.71 bits per heavy atom. The van der Waals surface area contributed by atoms with Crippen LogP contribution in [0.4, 0.5) is 5.69 Å². The fourth-order valence-electron chi connectivity index (χ4n) is 2.83. The van der Waals surface area contributed by atoms with Gasteiger partial charge in [-0.2, -0.15) is 5.10 Å². The highest BCUT2D eigenvalue weighted by Crippen LogP contribution is 2.41. The maximum Gasteiger partial charge on any atom is 0.329 e. The summed E-state index contributed by atoms with van der Waals surface area (Å²) < 4.78 is 2.33. The first-order valence-corrected chi connectivity index (χ1v) is 7.94. The highest BCUT2D eigenvalue weighted by atomic mass is 79.9. The highest BCUT2D eigenvalue weighted by molar-refractivity contribution is 9.10. The lowest BCUT2D eigenvalue weighted by atomic mass is 10.0. The minimum atomic E-state index is -0.419. The Balaban J connectivity index is 2.14. The topological polar surface area (TPSA) is 61.0 Å². The van der Waals surface area contributed by atoms with Gasteiger partial charge in [0.05, 0.1) is 10.6 Å². The van der Waals surface area contributed by atoms with E-state index in [1.807, 2.05) is 24.3 Å². The standard InChI is InChI=1S/C14H13BrClN3O2/c15-10-6-3-7-11(8-10)18-14(16)13(19(20)21)12(17-18)9-4-1-2-5-9/h3,6-9H,1-2,4-5H2. The third kappa shape index (κ3) is 2.70. The van der Waals surface area contributed by atoms with Crippen molar-refractivity contribution in [3.8, 4) is 5.69 Å². The van der Waals surface area contributed by atoms with Gasteiger partial charge in [-0.25, -0.2) is 4.68 Å². The average molecular weight is 371 g/mol. The monoisotopic (exact) mass is 369 g/mol. The lowest BCUT2D eigenvalue weighted by Gasteiger charge is -2.04. The fourth-order valence-corrected chi connectivity index (χ4v) is 3.52. The summed E-state index contributed by atoms with van der Waals surface area (Å²) in [6.07, 6.45) is 4.05. The van der Waals surface area contributed by atoms with Crippen molar-refractivity contribution in [2.24, 2.45) is 0 Å². The number of hydrogen-bond acceptors (Lipinski definition) is 3. The second kappa shape index (κ2) is 5.77. The van der Waals surface area contributed by atoms with Gasteiger partial charge < -0.3 is 0 Å². The van der Waals surface area contributed by atoms with Gasteiger partial charge in [-0.05, 0) is 31.0 Å². The summed E-state index contributed by atoms with van der Waals surface area (Å²) in [6.45, 7) is 0. The first-order chi connectivity index (χ1) is 10.1. The quantitative estimate of drug-likeness (QED) is 0.573. The van der Waals surface area contributed by atoms with Crippen molar-refractivity contribution < 1.29 is 4.92 Å². The van der Waals surface area contributed by atoms with Crippen molar-refractivity contribution in [3.05, 3.63) is 49.7 Å². The molecule has 0 aliphatic heterocycles. The van der Waals surface area contributed by atoms with Gasteiger partial charge in [-0.15, -0.1) is 0 Å². The molecule has 0 bridgehead atoms. The Bertz CT molecular complexity index is 696. The Hall–Kier alpha value is -1.40. The molecule has 0 N–H and O–H groups in total. The molecule has 1 aromatic carbocycles. The number of nitrogens with zero attached hydrogens (tertiary/aromatic N) is 3. The number of halogens is 2. The van der Waals surface area contributed by atoms with Crippen LogP contribution in [0.3, 0.4) is 0 Å². The zero-order chi connectivity index (χ0) is 15.0. The van der Waals surface area contributed by atoms with Crippen molar-refractivity contribution in [2.75, 3.05) is 0 Å². The van der Waals surface area contributed by atoms with Crippen LogP contribution >= 0.6 is 27.5 Å². The minimum Gasteiger partial charge on any atom is -0.258 e. The summed E-state index contributed by atoms with van der Waals surface area (Å²) in [5.41, 5.74) is 1.17. The smallest absolute Gasteiger partial charge is 0.258 e. The molecule has 7 heteroatoms. The van der Waals surface area contributed by atoms with E-state index in [0.717, 1.165) is 30.2 Å². The summed E-state index contributed by atoms with van der Waals surface area (Å²) in [7, 11) is 0. The summed E-state index contributed by atoms with van der Waals surface area (Å²) in [4.78, 5) is 11.0. The van der Waals surface area contributed by atoms with Crippen molar-refractivity contribution in [2.45, 2.75) is 31.6 Å². The number of aromatic nitrogens is 2. The van der Waals surface area contributed by atoms with E-state index in [2.05, 4.69) is 21.0 Å². The van der Waals surface area contributed by atoms with Gasteiger partial charge in [0.1, 0.15) is 5.69 Å². The van der Waals surface area contributed by atoms with Crippen LogP contribution in [0.2, 0.25) is 5.15 Å². The average Bonchev–Trinajstić information content (AvgIpc) is 3.05. The Morgan fingerprint density at radius 2 is 2.10 bits per heavy atom. The van der Waals surface area contributed by atoms with Crippen LogP contribution in [0.25, 0.3) is 5.69 Å². The van der Waals surface area contributed by atoms with E-state index in [1.54, 1.807) is 0 Å². The van der Waals surface area contributed by atoms with Gasteiger partial charge in [0, 0.05) is 10.4 Å². The van der Waals surface area contributed by atoms with E-state index in [4.69, 9.17) is 11.6 Å². The van der Waals surface area contributed by atoms with Crippen molar-refractivity contribution in [1.29, 1.82) is 0 Å². The largest absolute Gasteiger partial charge is 0.329 e. The van der Waals surface area contributed by atoms with Crippen LogP contribution in [-0.2, 0) is 0 Å². The molecule has 0 unspecified atom stereocenters. The van der Waals surface area contributed by atoms with E-state index >= 15 is 0 Å². The normalized spacial score (nSPS) is 15.5. The van der Waals surface area contributed by atoms with Gasteiger partial charge in [-0.3, -0.25) is 10.1 Å². The molecule has 1 aliphatic rings. The first kappa shape index (κ1) is 14.5. The molecule has 0 radical (unpaired) electrons. The molecule has 0 spiro atoms. The van der Waals surface area contributed by atoms with Crippen LogP contribution in [0.5, 0.6) is 0 Å². The number of hydrogen-bond donors (Lipinski definition) is 0. The van der Waals surface area contributed by atoms with Crippen LogP contribution in [0, 0.1) is 10.1 Å². The zero-order valence-electron chi connectivity index (χ0n) is 11.1. The van der Waals surface area contributed by atoms with Crippen LogP contribution in [0.15, 0.2) is 28.7 Å². The van der Waals surface area contributed by atoms with Gasteiger partial charge in [-0.1, -0.05) is 46.4 Å².